The van der Waals surface area contributed by atoms with Gasteiger partial charge in [0.05, 0.1) is 0 Å². The molecule has 2 fully saturated rings. The summed E-state index contributed by atoms with van der Waals surface area (Å²) in [4.78, 5) is 22.8. The molecule has 2 amide bonds. The van der Waals surface area contributed by atoms with E-state index in [9.17, 15) is 9.59 Å². The molecule has 98 valence electrons. The molecule has 0 aromatic carbocycles. The quantitative estimate of drug-likeness (QED) is 0.688. The van der Waals surface area contributed by atoms with Crippen molar-refractivity contribution in [2.45, 2.75) is 37.9 Å². The third kappa shape index (κ3) is 4.04. The average molecular weight is 280 g/mol. The highest BCUT2D eigenvalue weighted by atomic mass is 35.5. The Bertz CT molecular complexity index is 303. The van der Waals surface area contributed by atoms with Crippen LogP contribution >= 0.6 is 24.2 Å². The first-order valence-corrected chi connectivity index (χ1v) is 6.61. The van der Waals surface area contributed by atoms with E-state index in [1.54, 1.807) is 0 Å². The fraction of sp³-hybridized carbons (Fsp3) is 0.800. The first kappa shape index (κ1) is 14.6. The predicted molar refractivity (Wildman–Crippen MR) is 70.7 cm³/mol. The maximum Gasteiger partial charge on any atom is 0.279 e. The molecular formula is C10H18ClN3O2S. The number of amides is 2. The molecule has 7 heteroatoms. The van der Waals surface area contributed by atoms with Gasteiger partial charge in [0, 0.05) is 17.8 Å². The number of carbonyl (C=O) groups excluding carboxylic acids is 2. The molecule has 0 saturated carbocycles. The first-order chi connectivity index (χ1) is 7.65. The summed E-state index contributed by atoms with van der Waals surface area (Å²) in [5, 5.41) is 8.89. The van der Waals surface area contributed by atoms with E-state index in [1.165, 1.54) is 11.8 Å². The molecule has 5 nitrogen and oxygen atoms in total. The molecule has 2 heterocycles. The third-order valence-electron chi connectivity index (χ3n) is 2.96. The number of thioether (sulfide) groups is 1. The van der Waals surface area contributed by atoms with Gasteiger partial charge in [-0.3, -0.25) is 9.59 Å². The molecule has 0 aromatic rings. The van der Waals surface area contributed by atoms with Gasteiger partial charge in [-0.25, -0.2) is 0 Å². The van der Waals surface area contributed by atoms with E-state index in [2.05, 4.69) is 22.9 Å². The van der Waals surface area contributed by atoms with Crippen LogP contribution in [0.3, 0.4) is 0 Å². The number of carbonyl (C=O) groups is 2. The van der Waals surface area contributed by atoms with Gasteiger partial charge in [0.25, 0.3) is 5.24 Å². The molecule has 0 aromatic heterocycles. The van der Waals surface area contributed by atoms with Crippen LogP contribution in [0.2, 0.25) is 0 Å². The van der Waals surface area contributed by atoms with Crippen molar-refractivity contribution in [3.8, 4) is 0 Å². The Morgan fingerprint density at radius 2 is 2.29 bits per heavy atom. The molecule has 17 heavy (non-hydrogen) atoms. The van der Waals surface area contributed by atoms with Gasteiger partial charge in [-0.1, -0.05) is 11.8 Å². The van der Waals surface area contributed by atoms with Crippen molar-refractivity contribution in [3.05, 3.63) is 0 Å². The summed E-state index contributed by atoms with van der Waals surface area (Å²) in [6.45, 7) is 3.06. The summed E-state index contributed by atoms with van der Waals surface area (Å²) in [6.07, 6.45) is 1.92. The van der Waals surface area contributed by atoms with E-state index in [0.717, 1.165) is 19.4 Å². The molecule has 0 aliphatic carbocycles. The van der Waals surface area contributed by atoms with E-state index >= 15 is 0 Å². The second-order valence-corrected chi connectivity index (χ2v) is 5.37. The summed E-state index contributed by atoms with van der Waals surface area (Å²) >= 11 is 1.17. The van der Waals surface area contributed by atoms with E-state index in [1.807, 2.05) is 0 Å². The van der Waals surface area contributed by atoms with Crippen molar-refractivity contribution in [1.29, 1.82) is 0 Å². The Hall–Kier alpha value is -0.460. The van der Waals surface area contributed by atoms with Crippen LogP contribution in [0.25, 0.3) is 0 Å². The Balaban J connectivity index is 0.00000144. The van der Waals surface area contributed by atoms with Crippen molar-refractivity contribution in [2.24, 2.45) is 0 Å². The molecule has 2 aliphatic heterocycles. The van der Waals surface area contributed by atoms with Crippen LogP contribution in [0.15, 0.2) is 0 Å². The number of rotatable bonds is 2. The highest BCUT2D eigenvalue weighted by Gasteiger charge is 2.30. The highest BCUT2D eigenvalue weighted by molar-refractivity contribution is 8.14. The SMILES string of the molecule is CC1CC(NC(=O)[C@@H]2CSC(=O)N2)CCN1.Cl. The Labute approximate surface area is 111 Å². The van der Waals surface area contributed by atoms with Crippen LogP contribution in [0.1, 0.15) is 19.8 Å². The topological polar surface area (TPSA) is 70.2 Å². The smallest absolute Gasteiger partial charge is 0.279 e. The lowest BCUT2D eigenvalue weighted by Crippen LogP contribution is -2.51. The molecule has 2 rings (SSSR count). The van der Waals surface area contributed by atoms with E-state index in [0.29, 0.717) is 11.8 Å². The molecular weight excluding hydrogens is 262 g/mol. The predicted octanol–water partition coefficient (Wildman–Crippen LogP) is 0.490. The summed E-state index contributed by atoms with van der Waals surface area (Å²) in [5.74, 6) is 0.503. The molecule has 0 radical (unpaired) electrons. The zero-order valence-corrected chi connectivity index (χ0v) is 11.3. The molecule has 0 spiro atoms. The second-order valence-electron chi connectivity index (χ2n) is 4.38. The molecule has 0 bridgehead atoms. The minimum Gasteiger partial charge on any atom is -0.351 e. The van der Waals surface area contributed by atoms with Crippen LogP contribution in [-0.2, 0) is 4.79 Å². The van der Waals surface area contributed by atoms with Crippen molar-refractivity contribution < 1.29 is 9.59 Å². The summed E-state index contributed by atoms with van der Waals surface area (Å²) in [5.41, 5.74) is 0. The molecule has 3 atom stereocenters. The highest BCUT2D eigenvalue weighted by Crippen LogP contribution is 2.14. The summed E-state index contributed by atoms with van der Waals surface area (Å²) in [6, 6.07) is 0.348. The van der Waals surface area contributed by atoms with Gasteiger partial charge in [0.1, 0.15) is 6.04 Å². The molecule has 3 N–H and O–H groups in total. The fourth-order valence-electron chi connectivity index (χ4n) is 2.09. The summed E-state index contributed by atoms with van der Waals surface area (Å²) in [7, 11) is 0. The lowest BCUT2D eigenvalue weighted by atomic mass is 10.0. The van der Waals surface area contributed by atoms with Gasteiger partial charge in [-0.05, 0) is 26.3 Å². The van der Waals surface area contributed by atoms with Gasteiger partial charge in [-0.2, -0.15) is 0 Å². The fourth-order valence-corrected chi connectivity index (χ4v) is 2.87. The van der Waals surface area contributed by atoms with Gasteiger partial charge < -0.3 is 16.0 Å². The lowest BCUT2D eigenvalue weighted by molar-refractivity contribution is -0.123. The number of halogens is 1. The van der Waals surface area contributed by atoms with Crippen LogP contribution in [0.4, 0.5) is 4.79 Å². The van der Waals surface area contributed by atoms with Crippen LogP contribution in [0.5, 0.6) is 0 Å². The number of hydrogen-bond donors (Lipinski definition) is 3. The number of nitrogens with one attached hydrogen (secondary N) is 3. The van der Waals surface area contributed by atoms with Crippen LogP contribution in [0, 0.1) is 0 Å². The normalized spacial score (nSPS) is 32.5. The van der Waals surface area contributed by atoms with Gasteiger partial charge in [0.2, 0.25) is 5.91 Å². The van der Waals surface area contributed by atoms with Crippen LogP contribution < -0.4 is 16.0 Å². The Morgan fingerprint density at radius 1 is 1.53 bits per heavy atom. The van der Waals surface area contributed by atoms with Gasteiger partial charge >= 0.3 is 0 Å². The minimum absolute atomic E-state index is 0. The monoisotopic (exact) mass is 279 g/mol. The average Bonchev–Trinajstić information content (AvgIpc) is 2.65. The molecule has 2 saturated heterocycles. The first-order valence-electron chi connectivity index (χ1n) is 5.62. The van der Waals surface area contributed by atoms with Gasteiger partial charge in [0.15, 0.2) is 0 Å². The van der Waals surface area contributed by atoms with Crippen molar-refractivity contribution >= 4 is 35.3 Å². The van der Waals surface area contributed by atoms with Crippen molar-refractivity contribution in [2.75, 3.05) is 12.3 Å². The lowest BCUT2D eigenvalue weighted by Gasteiger charge is -2.29. The Morgan fingerprint density at radius 3 is 2.88 bits per heavy atom. The zero-order valence-electron chi connectivity index (χ0n) is 9.69. The number of piperidine rings is 1. The molecule has 2 aliphatic rings. The van der Waals surface area contributed by atoms with Crippen molar-refractivity contribution in [3.63, 3.8) is 0 Å². The summed E-state index contributed by atoms with van der Waals surface area (Å²) < 4.78 is 0. The van der Waals surface area contributed by atoms with Gasteiger partial charge in [-0.15, -0.1) is 12.4 Å². The Kier molecular flexibility index (Phi) is 5.55. The third-order valence-corrected chi connectivity index (χ3v) is 3.84. The standard InChI is InChI=1S/C10H17N3O2S.ClH/c1-6-4-7(2-3-11-6)12-9(14)8-5-16-10(15)13-8;/h6-8,11H,2-5H2,1H3,(H,12,14)(H,13,15);1H/t6?,7?,8-;/m0./s1. The maximum atomic E-state index is 11.8. The number of hydrogen-bond acceptors (Lipinski definition) is 4. The van der Waals surface area contributed by atoms with E-state index < -0.39 is 0 Å². The molecule has 2 unspecified atom stereocenters. The van der Waals surface area contributed by atoms with E-state index in [4.69, 9.17) is 0 Å². The zero-order chi connectivity index (χ0) is 11.5. The minimum atomic E-state index is -0.345. The second kappa shape index (κ2) is 6.47. The van der Waals surface area contributed by atoms with Crippen LogP contribution in [-0.4, -0.2) is 41.6 Å². The van der Waals surface area contributed by atoms with E-state index in [-0.39, 0.29) is 35.6 Å². The van der Waals surface area contributed by atoms with Crippen molar-refractivity contribution in [1.82, 2.24) is 16.0 Å². The largest absolute Gasteiger partial charge is 0.351 e. The maximum absolute atomic E-state index is 11.8.